The van der Waals surface area contributed by atoms with E-state index >= 15 is 0 Å². The maximum absolute atomic E-state index is 12.6. The van der Waals surface area contributed by atoms with Gasteiger partial charge in [0.15, 0.2) is 0 Å². The van der Waals surface area contributed by atoms with Crippen molar-refractivity contribution < 1.29 is 28.7 Å². The van der Waals surface area contributed by atoms with Crippen molar-refractivity contribution in [2.75, 3.05) is 0 Å². The molecule has 0 bridgehead atoms. The zero-order valence-corrected chi connectivity index (χ0v) is 12.4. The number of esters is 1. The summed E-state index contributed by atoms with van der Waals surface area (Å²) >= 11 is 0. The topological polar surface area (TPSA) is 110 Å². The van der Waals surface area contributed by atoms with Crippen molar-refractivity contribution in [1.29, 1.82) is 0 Å². The lowest BCUT2D eigenvalue weighted by molar-refractivity contribution is -0.136. The highest BCUT2D eigenvalue weighted by Crippen LogP contribution is 2.33. The first-order valence-electron chi connectivity index (χ1n) is 7.13. The van der Waals surface area contributed by atoms with Crippen LogP contribution in [0.4, 0.5) is 0 Å². The molecule has 1 atom stereocenters. The molecule has 1 aromatic carbocycles. The minimum atomic E-state index is -1.07. The predicted octanol–water partition coefficient (Wildman–Crippen LogP) is 0.179. The van der Waals surface area contributed by atoms with Crippen LogP contribution in [0.15, 0.2) is 30.9 Å². The van der Waals surface area contributed by atoms with Crippen LogP contribution in [-0.2, 0) is 14.4 Å². The molecule has 2 aliphatic rings. The minimum absolute atomic E-state index is 0.0299. The lowest BCUT2D eigenvalue weighted by atomic mass is 10.0. The van der Waals surface area contributed by atoms with Gasteiger partial charge in [-0.15, -0.1) is 0 Å². The predicted molar refractivity (Wildman–Crippen MR) is 78.9 cm³/mol. The first-order chi connectivity index (χ1) is 11.4. The van der Waals surface area contributed by atoms with Crippen LogP contribution in [0.2, 0.25) is 0 Å². The maximum Gasteiger partial charge on any atom is 0.335 e. The molecule has 8 nitrogen and oxygen atoms in total. The van der Waals surface area contributed by atoms with E-state index in [4.69, 9.17) is 4.74 Å². The number of piperidine rings is 1. The Balaban J connectivity index is 1.98. The second kappa shape index (κ2) is 5.73. The SMILES string of the molecule is C=CC(=O)Oc1cccc2c1C(=O)N(C1CCC(=O)NC1=O)C2=O. The number of carbonyl (C=O) groups is 5. The van der Waals surface area contributed by atoms with Crippen LogP contribution in [0.1, 0.15) is 33.6 Å². The van der Waals surface area contributed by atoms with Gasteiger partial charge < -0.3 is 4.74 Å². The number of nitrogens with zero attached hydrogens (tertiary/aromatic N) is 1. The van der Waals surface area contributed by atoms with Crippen LogP contribution in [0, 0.1) is 0 Å². The highest BCUT2D eigenvalue weighted by atomic mass is 16.5. The van der Waals surface area contributed by atoms with Crippen molar-refractivity contribution in [3.05, 3.63) is 42.0 Å². The lowest BCUT2D eigenvalue weighted by Crippen LogP contribution is -2.54. The molecule has 1 saturated heterocycles. The Kier molecular flexibility index (Phi) is 3.72. The van der Waals surface area contributed by atoms with Gasteiger partial charge in [-0.1, -0.05) is 12.6 Å². The molecule has 0 saturated carbocycles. The fraction of sp³-hybridized carbons (Fsp3) is 0.188. The molecule has 0 aromatic heterocycles. The van der Waals surface area contributed by atoms with Gasteiger partial charge >= 0.3 is 5.97 Å². The fourth-order valence-corrected chi connectivity index (χ4v) is 2.72. The Morgan fingerprint density at radius 2 is 2.00 bits per heavy atom. The van der Waals surface area contributed by atoms with E-state index < -0.39 is 35.6 Å². The first kappa shape index (κ1) is 15.6. The van der Waals surface area contributed by atoms with Gasteiger partial charge in [-0.2, -0.15) is 0 Å². The zero-order chi connectivity index (χ0) is 17.4. The summed E-state index contributed by atoms with van der Waals surface area (Å²) < 4.78 is 4.99. The van der Waals surface area contributed by atoms with E-state index in [9.17, 15) is 24.0 Å². The van der Waals surface area contributed by atoms with E-state index in [-0.39, 0.29) is 29.7 Å². The molecule has 0 radical (unpaired) electrons. The van der Waals surface area contributed by atoms with Crippen LogP contribution in [0.25, 0.3) is 0 Å². The average molecular weight is 328 g/mol. The van der Waals surface area contributed by atoms with Gasteiger partial charge in [0, 0.05) is 12.5 Å². The van der Waals surface area contributed by atoms with Crippen LogP contribution in [-0.4, -0.2) is 40.5 Å². The van der Waals surface area contributed by atoms with E-state index in [1.54, 1.807) is 0 Å². The number of benzene rings is 1. The van der Waals surface area contributed by atoms with Crippen molar-refractivity contribution in [3.8, 4) is 5.75 Å². The quantitative estimate of drug-likeness (QED) is 0.367. The van der Waals surface area contributed by atoms with Crippen molar-refractivity contribution in [3.63, 3.8) is 0 Å². The number of nitrogens with one attached hydrogen (secondary N) is 1. The molecule has 3 rings (SSSR count). The monoisotopic (exact) mass is 328 g/mol. The molecule has 1 fully saturated rings. The Hall–Kier alpha value is -3.29. The number of hydrogen-bond acceptors (Lipinski definition) is 6. The summed E-state index contributed by atoms with van der Waals surface area (Å²) in [6.45, 7) is 3.27. The van der Waals surface area contributed by atoms with Crippen molar-refractivity contribution >= 4 is 29.6 Å². The Morgan fingerprint density at radius 1 is 1.25 bits per heavy atom. The summed E-state index contributed by atoms with van der Waals surface area (Å²) in [6.07, 6.45) is 1.01. The number of imide groups is 2. The van der Waals surface area contributed by atoms with Crippen molar-refractivity contribution in [1.82, 2.24) is 10.2 Å². The molecule has 0 spiro atoms. The molecule has 0 aliphatic carbocycles. The molecule has 4 amide bonds. The van der Waals surface area contributed by atoms with Crippen molar-refractivity contribution in [2.45, 2.75) is 18.9 Å². The van der Waals surface area contributed by atoms with Crippen LogP contribution in [0.5, 0.6) is 5.75 Å². The number of amides is 4. The number of fused-ring (bicyclic) bond motifs is 1. The minimum Gasteiger partial charge on any atom is -0.423 e. The molecule has 1 N–H and O–H groups in total. The smallest absolute Gasteiger partial charge is 0.335 e. The molecule has 2 aliphatic heterocycles. The molecule has 122 valence electrons. The van der Waals surface area contributed by atoms with Gasteiger partial charge in [0.2, 0.25) is 11.8 Å². The largest absolute Gasteiger partial charge is 0.423 e. The molecule has 8 heteroatoms. The second-order valence-electron chi connectivity index (χ2n) is 5.25. The van der Waals surface area contributed by atoms with E-state index in [1.807, 2.05) is 0 Å². The average Bonchev–Trinajstić information content (AvgIpc) is 2.80. The number of hydrogen-bond donors (Lipinski definition) is 1. The van der Waals surface area contributed by atoms with E-state index in [1.165, 1.54) is 18.2 Å². The number of ether oxygens (including phenoxy) is 1. The lowest BCUT2D eigenvalue weighted by Gasteiger charge is -2.27. The van der Waals surface area contributed by atoms with Crippen molar-refractivity contribution in [2.24, 2.45) is 0 Å². The summed E-state index contributed by atoms with van der Waals surface area (Å²) in [4.78, 5) is 60.6. The third-order valence-corrected chi connectivity index (χ3v) is 3.81. The maximum atomic E-state index is 12.6. The Labute approximate surface area is 136 Å². The first-order valence-corrected chi connectivity index (χ1v) is 7.13. The van der Waals surface area contributed by atoms with Crippen LogP contribution < -0.4 is 10.1 Å². The molecule has 1 unspecified atom stereocenters. The summed E-state index contributed by atoms with van der Waals surface area (Å²) in [6, 6.07) is 3.17. The van der Waals surface area contributed by atoms with Gasteiger partial charge in [0.25, 0.3) is 11.8 Å². The van der Waals surface area contributed by atoms with Gasteiger partial charge in [-0.3, -0.25) is 29.4 Å². The third-order valence-electron chi connectivity index (χ3n) is 3.81. The summed E-state index contributed by atoms with van der Waals surface area (Å²) in [5.74, 6) is -3.41. The Morgan fingerprint density at radius 3 is 2.67 bits per heavy atom. The van der Waals surface area contributed by atoms with E-state index in [0.29, 0.717) is 0 Å². The molecule has 1 aromatic rings. The van der Waals surface area contributed by atoms with Gasteiger partial charge in [-0.25, -0.2) is 4.79 Å². The van der Waals surface area contributed by atoms with Gasteiger partial charge in [0.05, 0.1) is 11.1 Å². The standard InChI is InChI=1S/C16H12N2O6/c1-2-12(20)24-10-5-3-4-8-13(10)16(23)18(15(8)22)9-6-7-11(19)17-14(9)21/h2-5,9H,1,6-7H2,(H,17,19,21). The van der Waals surface area contributed by atoms with Crippen LogP contribution in [0.3, 0.4) is 0 Å². The molecule has 2 heterocycles. The normalized spacial score (nSPS) is 19.8. The highest BCUT2D eigenvalue weighted by molar-refractivity contribution is 6.24. The molecular weight excluding hydrogens is 316 g/mol. The number of carbonyl (C=O) groups excluding carboxylic acids is 5. The summed E-state index contributed by atoms with van der Waals surface area (Å²) in [5.41, 5.74) is -0.0403. The van der Waals surface area contributed by atoms with Crippen LogP contribution >= 0.6 is 0 Å². The summed E-state index contributed by atoms with van der Waals surface area (Å²) in [7, 11) is 0. The molecular formula is C16H12N2O6. The van der Waals surface area contributed by atoms with E-state index in [0.717, 1.165) is 11.0 Å². The Bertz CT molecular complexity index is 813. The third kappa shape index (κ3) is 2.37. The van der Waals surface area contributed by atoms with Gasteiger partial charge in [0.1, 0.15) is 11.8 Å². The van der Waals surface area contributed by atoms with Gasteiger partial charge in [-0.05, 0) is 18.6 Å². The number of rotatable bonds is 3. The molecule has 24 heavy (non-hydrogen) atoms. The summed E-state index contributed by atoms with van der Waals surface area (Å²) in [5, 5.41) is 2.11. The fourth-order valence-electron chi connectivity index (χ4n) is 2.72. The van der Waals surface area contributed by atoms with E-state index in [2.05, 4.69) is 11.9 Å². The highest BCUT2D eigenvalue weighted by Gasteiger charge is 2.46. The zero-order valence-electron chi connectivity index (χ0n) is 12.4. The second-order valence-corrected chi connectivity index (χ2v) is 5.25.